The van der Waals surface area contributed by atoms with E-state index in [9.17, 15) is 23.6 Å². The summed E-state index contributed by atoms with van der Waals surface area (Å²) < 4.78 is 14.7. The number of rotatable bonds is 13. The van der Waals surface area contributed by atoms with Crippen LogP contribution in [0.2, 0.25) is 5.02 Å². The number of hydrogen-bond acceptors (Lipinski definition) is 11. The average molecular weight is 859 g/mol. The predicted octanol–water partition coefficient (Wildman–Crippen LogP) is 6.83. The van der Waals surface area contributed by atoms with Gasteiger partial charge in [0.2, 0.25) is 23.7 Å². The molecule has 1 atom stereocenters. The molecule has 3 saturated heterocycles. The first-order valence-corrected chi connectivity index (χ1v) is 21.3. The molecule has 8 rings (SSSR count). The van der Waals surface area contributed by atoms with Gasteiger partial charge in [-0.1, -0.05) is 41.9 Å². The first-order chi connectivity index (χ1) is 30.1. The van der Waals surface area contributed by atoms with E-state index in [2.05, 4.69) is 58.5 Å². The summed E-state index contributed by atoms with van der Waals surface area (Å²) in [7, 11) is 0. The third-order valence-corrected chi connectivity index (χ3v) is 11.8. The molecule has 0 bridgehead atoms. The van der Waals surface area contributed by atoms with E-state index in [4.69, 9.17) is 11.6 Å². The number of amides is 4. The molecule has 4 amide bonds. The average Bonchev–Trinajstić information content (AvgIpc) is 3.28. The van der Waals surface area contributed by atoms with Gasteiger partial charge in [-0.3, -0.25) is 29.4 Å². The molecule has 3 aliphatic rings. The number of imide groups is 1. The number of aromatic nitrogens is 2. The highest BCUT2D eigenvalue weighted by Crippen LogP contribution is 2.28. The van der Waals surface area contributed by atoms with Crippen LogP contribution in [-0.4, -0.2) is 95.3 Å². The van der Waals surface area contributed by atoms with Crippen molar-refractivity contribution in [3.8, 4) is 0 Å². The van der Waals surface area contributed by atoms with Crippen molar-refractivity contribution in [2.24, 2.45) is 5.92 Å². The van der Waals surface area contributed by atoms with Crippen LogP contribution in [0.15, 0.2) is 103 Å². The van der Waals surface area contributed by atoms with Gasteiger partial charge >= 0.3 is 0 Å². The van der Waals surface area contributed by atoms with Crippen molar-refractivity contribution < 1.29 is 23.6 Å². The third kappa shape index (κ3) is 10.8. The first-order valence-electron chi connectivity index (χ1n) is 20.9. The largest absolute Gasteiger partial charge is 0.374 e. The number of benzene rings is 4. The molecule has 5 N–H and O–H groups in total. The zero-order valence-corrected chi connectivity index (χ0v) is 34.8. The standard InChI is InChI=1S/C46H48ClFN10O4/c47-37-6-1-2-7-39(37)53-44(61)32-10-14-33(15-11-32)51-43-38(48)28-49-46(55-43)52-34-12-8-30(9-13-34)26-42(60)58-24-22-56(23-25-58)29-31-18-20-57(21-19-31)36-5-3-4-35(27-36)50-40-16-17-41(59)54-45(40)62/h1-15,27-28,31,40,50H,16-26,29H2,(H,53,61)(H,54,59,62)(H2,49,51,52,55). The lowest BCUT2D eigenvalue weighted by Gasteiger charge is -2.39. The van der Waals surface area contributed by atoms with E-state index in [0.717, 1.165) is 68.7 Å². The number of anilines is 7. The van der Waals surface area contributed by atoms with Crippen molar-refractivity contribution in [2.75, 3.05) is 72.0 Å². The Balaban J connectivity index is 0.754. The van der Waals surface area contributed by atoms with Gasteiger partial charge in [0.1, 0.15) is 6.04 Å². The van der Waals surface area contributed by atoms with Crippen LogP contribution in [0.4, 0.5) is 44.6 Å². The molecule has 0 aliphatic carbocycles. The molecule has 1 unspecified atom stereocenters. The molecule has 0 spiro atoms. The number of halogens is 2. The second-order valence-electron chi connectivity index (χ2n) is 15.8. The van der Waals surface area contributed by atoms with Crippen molar-refractivity contribution in [1.29, 1.82) is 0 Å². The Hall–Kier alpha value is -6.58. The summed E-state index contributed by atoms with van der Waals surface area (Å²) >= 11 is 6.16. The minimum atomic E-state index is -0.644. The van der Waals surface area contributed by atoms with Crippen molar-refractivity contribution in [1.82, 2.24) is 25.1 Å². The Kier molecular flexibility index (Phi) is 13.2. The molecule has 0 radical (unpaired) electrons. The maximum Gasteiger partial charge on any atom is 0.255 e. The van der Waals surface area contributed by atoms with E-state index in [1.165, 1.54) is 0 Å². The maximum absolute atomic E-state index is 14.7. The molecule has 5 aromatic rings. The smallest absolute Gasteiger partial charge is 0.255 e. The van der Waals surface area contributed by atoms with Crippen LogP contribution in [0.5, 0.6) is 0 Å². The fourth-order valence-corrected chi connectivity index (χ4v) is 8.16. The van der Waals surface area contributed by atoms with E-state index in [0.29, 0.717) is 65.9 Å². The van der Waals surface area contributed by atoms with Crippen molar-refractivity contribution >= 4 is 75.4 Å². The molecule has 14 nitrogen and oxygen atoms in total. The summed E-state index contributed by atoms with van der Waals surface area (Å²) in [6.07, 6.45) is 4.38. The minimum Gasteiger partial charge on any atom is -0.374 e. The molecule has 320 valence electrons. The van der Waals surface area contributed by atoms with Gasteiger partial charge in [-0.15, -0.1) is 0 Å². The maximum atomic E-state index is 14.7. The Morgan fingerprint density at radius 3 is 2.27 bits per heavy atom. The highest BCUT2D eigenvalue weighted by Gasteiger charge is 2.28. The van der Waals surface area contributed by atoms with Gasteiger partial charge in [0, 0.05) is 80.5 Å². The van der Waals surface area contributed by atoms with Crippen LogP contribution in [0.1, 0.15) is 41.6 Å². The zero-order chi connectivity index (χ0) is 43.0. The summed E-state index contributed by atoms with van der Waals surface area (Å²) in [5, 5.41) is 15.0. The van der Waals surface area contributed by atoms with E-state index in [1.54, 1.807) is 48.5 Å². The molecule has 4 aromatic carbocycles. The second-order valence-corrected chi connectivity index (χ2v) is 16.2. The van der Waals surface area contributed by atoms with Crippen LogP contribution in [0, 0.1) is 11.7 Å². The van der Waals surface area contributed by atoms with Crippen LogP contribution < -0.4 is 31.5 Å². The Morgan fingerprint density at radius 2 is 1.53 bits per heavy atom. The summed E-state index contributed by atoms with van der Waals surface area (Å²) in [6, 6.07) is 28.7. The number of piperidine rings is 2. The van der Waals surface area contributed by atoms with Gasteiger partial charge in [0.05, 0.1) is 23.3 Å². The monoisotopic (exact) mass is 858 g/mol. The SMILES string of the molecule is O=C1CCC(Nc2cccc(N3CCC(CN4CCN(C(=O)Cc5ccc(Nc6ncc(F)c(Nc7ccc(C(=O)Nc8ccccc8Cl)cc7)n6)cc5)CC4)CC3)c2)C(=O)N1. The summed E-state index contributed by atoms with van der Waals surface area (Å²) in [5.74, 6) is -0.633. The van der Waals surface area contributed by atoms with Crippen LogP contribution in [0.3, 0.4) is 0 Å². The van der Waals surface area contributed by atoms with Crippen molar-refractivity contribution in [2.45, 2.75) is 38.1 Å². The first kappa shape index (κ1) is 42.1. The van der Waals surface area contributed by atoms with Crippen molar-refractivity contribution in [3.05, 3.63) is 125 Å². The molecular weight excluding hydrogens is 811 g/mol. The van der Waals surface area contributed by atoms with Crippen molar-refractivity contribution in [3.63, 3.8) is 0 Å². The molecule has 3 fully saturated rings. The highest BCUT2D eigenvalue weighted by atomic mass is 35.5. The number of carbonyl (C=O) groups is 4. The molecule has 16 heteroatoms. The zero-order valence-electron chi connectivity index (χ0n) is 34.1. The Bertz CT molecular complexity index is 2400. The topological polar surface area (TPSA) is 164 Å². The Morgan fingerprint density at radius 1 is 0.806 bits per heavy atom. The fraction of sp³-hybridized carbons (Fsp3) is 0.304. The van der Waals surface area contributed by atoms with Gasteiger partial charge < -0.3 is 31.1 Å². The minimum absolute atomic E-state index is 0.0375. The van der Waals surface area contributed by atoms with Crippen LogP contribution in [-0.2, 0) is 20.8 Å². The van der Waals surface area contributed by atoms with Gasteiger partial charge in [0.25, 0.3) is 5.91 Å². The highest BCUT2D eigenvalue weighted by molar-refractivity contribution is 6.33. The molecular formula is C46H48ClFN10O4. The van der Waals surface area contributed by atoms with Gasteiger partial charge in [-0.2, -0.15) is 4.98 Å². The summed E-state index contributed by atoms with van der Waals surface area (Å²) in [5.41, 5.74) is 5.01. The number of carbonyl (C=O) groups excluding carboxylic acids is 4. The third-order valence-electron chi connectivity index (χ3n) is 11.5. The number of para-hydroxylation sites is 1. The number of nitrogens with one attached hydrogen (secondary N) is 5. The van der Waals surface area contributed by atoms with E-state index >= 15 is 0 Å². The lowest BCUT2D eigenvalue weighted by molar-refractivity contribution is -0.134. The van der Waals surface area contributed by atoms with Gasteiger partial charge in [-0.05, 0) is 97.5 Å². The normalized spacial score (nSPS) is 17.3. The molecule has 3 aliphatic heterocycles. The van der Waals surface area contributed by atoms with E-state index < -0.39 is 11.9 Å². The molecule has 1 aromatic heterocycles. The number of nitrogens with zero attached hydrogens (tertiary/aromatic N) is 5. The van der Waals surface area contributed by atoms with Gasteiger partial charge in [-0.25, -0.2) is 9.37 Å². The van der Waals surface area contributed by atoms with Crippen LogP contribution in [0.25, 0.3) is 0 Å². The van der Waals surface area contributed by atoms with E-state index in [-0.39, 0.29) is 35.4 Å². The lowest BCUT2D eigenvalue weighted by atomic mass is 9.95. The van der Waals surface area contributed by atoms with Gasteiger partial charge in [0.15, 0.2) is 11.6 Å². The predicted molar refractivity (Wildman–Crippen MR) is 239 cm³/mol. The van der Waals surface area contributed by atoms with Crippen LogP contribution >= 0.6 is 11.6 Å². The van der Waals surface area contributed by atoms with E-state index in [1.807, 2.05) is 41.3 Å². The molecule has 0 saturated carbocycles. The Labute approximate surface area is 364 Å². The quantitative estimate of drug-likeness (QED) is 0.0789. The lowest BCUT2D eigenvalue weighted by Crippen LogP contribution is -2.50. The summed E-state index contributed by atoms with van der Waals surface area (Å²) in [6.45, 7) is 6.04. The summed E-state index contributed by atoms with van der Waals surface area (Å²) in [4.78, 5) is 65.0. The number of hydrogen-bond donors (Lipinski definition) is 5. The fourth-order valence-electron chi connectivity index (χ4n) is 7.98. The number of piperazine rings is 1. The second kappa shape index (κ2) is 19.4. The molecule has 4 heterocycles. The molecule has 62 heavy (non-hydrogen) atoms.